The average Bonchev–Trinajstić information content (AvgIpc) is 3.30. The fourth-order valence-corrected chi connectivity index (χ4v) is 5.45. The summed E-state index contributed by atoms with van der Waals surface area (Å²) >= 11 is 3.53. The van der Waals surface area contributed by atoms with Gasteiger partial charge in [0.05, 0.1) is 28.4 Å². The summed E-state index contributed by atoms with van der Waals surface area (Å²) in [5.74, 6) is 1.04. The lowest BCUT2D eigenvalue weighted by Gasteiger charge is -2.56. The number of ether oxygens (including phenoxy) is 1. The summed E-state index contributed by atoms with van der Waals surface area (Å²) in [6.45, 7) is 2.54. The van der Waals surface area contributed by atoms with Crippen molar-refractivity contribution < 1.29 is 8.85 Å². The van der Waals surface area contributed by atoms with Crippen LogP contribution in [0.3, 0.4) is 0 Å². The summed E-state index contributed by atoms with van der Waals surface area (Å²) in [5, 5.41) is 13.8. The molecule has 7 heterocycles. The Morgan fingerprint density at radius 3 is 2.76 bits per heavy atom. The van der Waals surface area contributed by atoms with Crippen LogP contribution in [-0.2, 0) is 6.54 Å². The van der Waals surface area contributed by atoms with Gasteiger partial charge in [-0.15, -0.1) is 0 Å². The second-order valence-electron chi connectivity index (χ2n) is 8.67. The number of rotatable bonds is 5. The molecule has 2 unspecified atom stereocenters. The highest BCUT2D eigenvalue weighted by Gasteiger charge is 2.44. The number of methoxy groups -OCH3 is 1. The lowest BCUT2D eigenvalue weighted by Crippen LogP contribution is -2.68. The van der Waals surface area contributed by atoms with Crippen LogP contribution in [0.1, 0.15) is 21.7 Å². The normalized spacial score (nSPS) is 21.3. The van der Waals surface area contributed by atoms with Gasteiger partial charge in [0.1, 0.15) is 11.9 Å². The Morgan fingerprint density at radius 2 is 2.06 bits per heavy atom. The third-order valence-corrected chi connectivity index (χ3v) is 7.13. The van der Waals surface area contributed by atoms with Crippen LogP contribution in [0.4, 0.5) is 5.82 Å². The van der Waals surface area contributed by atoms with Gasteiger partial charge in [0.2, 0.25) is 5.88 Å². The molecule has 0 spiro atoms. The molecule has 3 saturated heterocycles. The Bertz CT molecular complexity index is 1490. The first kappa shape index (κ1) is 17.9. The lowest BCUT2D eigenvalue weighted by atomic mass is 9.87. The van der Waals surface area contributed by atoms with Gasteiger partial charge in [-0.1, -0.05) is 6.07 Å². The van der Waals surface area contributed by atoms with Crippen molar-refractivity contribution >= 4 is 27.3 Å². The summed E-state index contributed by atoms with van der Waals surface area (Å²) in [6, 6.07) is 12.6. The van der Waals surface area contributed by atoms with Crippen LogP contribution >= 0.6 is 15.9 Å². The fourth-order valence-electron chi connectivity index (χ4n) is 5.03. The minimum absolute atomic E-state index is 0.105. The Labute approximate surface area is 209 Å². The fraction of sp³-hybridized carbons (Fsp3) is 0.280. The van der Waals surface area contributed by atoms with Gasteiger partial charge in [0, 0.05) is 72.0 Å². The van der Waals surface area contributed by atoms with Crippen LogP contribution in [0.25, 0.3) is 16.6 Å². The van der Waals surface area contributed by atoms with Crippen LogP contribution in [-0.4, -0.2) is 56.7 Å². The SMILES string of the molecule is [2H]C([2H])([2H])Oc1ccc(CN2C3CC2CN(c2ccc(-c4cc(Br)cn5ncc(C#N)c45)cn2)C3)cn1. The van der Waals surface area contributed by atoms with Crippen molar-refractivity contribution in [1.82, 2.24) is 24.5 Å². The van der Waals surface area contributed by atoms with E-state index in [0.717, 1.165) is 58.6 Å². The first-order valence-electron chi connectivity index (χ1n) is 12.5. The molecule has 2 atom stereocenters. The van der Waals surface area contributed by atoms with Gasteiger partial charge in [-0.05, 0) is 46.1 Å². The van der Waals surface area contributed by atoms with E-state index in [1.165, 1.54) is 0 Å². The van der Waals surface area contributed by atoms with Crippen LogP contribution in [0.2, 0.25) is 0 Å². The number of hydrogen-bond donors (Lipinski definition) is 0. The Kier molecular flexibility index (Phi) is 4.42. The minimum atomic E-state index is -2.50. The minimum Gasteiger partial charge on any atom is -0.481 e. The third-order valence-electron chi connectivity index (χ3n) is 6.69. The molecular formula is C25H22BrN7O. The molecule has 170 valence electrons. The molecule has 0 amide bonds. The number of fused-ring (bicyclic) bond motifs is 3. The second kappa shape index (κ2) is 8.38. The highest BCUT2D eigenvalue weighted by molar-refractivity contribution is 9.10. The maximum absolute atomic E-state index is 9.50. The second-order valence-corrected chi connectivity index (χ2v) is 9.58. The van der Waals surface area contributed by atoms with E-state index >= 15 is 0 Å². The largest absolute Gasteiger partial charge is 0.481 e. The number of aromatic nitrogens is 4. The summed E-state index contributed by atoms with van der Waals surface area (Å²) in [5.41, 5.74) is 4.15. The third kappa shape index (κ3) is 3.59. The Balaban J connectivity index is 1.13. The number of pyridine rings is 3. The smallest absolute Gasteiger partial charge is 0.212 e. The summed E-state index contributed by atoms with van der Waals surface area (Å²) in [7, 11) is -2.50. The first-order valence-corrected chi connectivity index (χ1v) is 11.7. The first-order chi connectivity index (χ1) is 17.8. The summed E-state index contributed by atoms with van der Waals surface area (Å²) in [4.78, 5) is 13.7. The zero-order valence-corrected chi connectivity index (χ0v) is 19.7. The highest BCUT2D eigenvalue weighted by atomic mass is 79.9. The van der Waals surface area contributed by atoms with E-state index in [-0.39, 0.29) is 5.88 Å². The number of nitrogens with zero attached hydrogens (tertiary/aromatic N) is 7. The molecule has 8 nitrogen and oxygen atoms in total. The molecule has 9 heteroatoms. The molecule has 3 aliphatic heterocycles. The standard InChI is InChI=1S/C25H22BrN7O/c1-34-24-5-2-16(9-29-24)12-32-20-7-21(32)15-31(14-20)23-4-3-17(10-28-23)22-6-19(26)13-33-25(22)18(8-27)11-30-33/h2-6,9-11,13,20-21H,7,12,14-15H2,1H3/i1D3. The van der Waals surface area contributed by atoms with E-state index in [4.69, 9.17) is 13.8 Å². The van der Waals surface area contributed by atoms with Crippen LogP contribution < -0.4 is 9.64 Å². The number of piperidine rings is 1. The van der Waals surface area contributed by atoms with Gasteiger partial charge in [-0.2, -0.15) is 10.4 Å². The molecule has 7 rings (SSSR count). The molecule has 0 saturated carbocycles. The maximum Gasteiger partial charge on any atom is 0.212 e. The molecule has 3 aliphatic rings. The van der Waals surface area contributed by atoms with Crippen molar-refractivity contribution in [2.24, 2.45) is 0 Å². The van der Waals surface area contributed by atoms with E-state index in [2.05, 4.69) is 41.9 Å². The van der Waals surface area contributed by atoms with Gasteiger partial charge in [-0.25, -0.2) is 14.5 Å². The average molecular weight is 519 g/mol. The summed E-state index contributed by atoms with van der Waals surface area (Å²) < 4.78 is 29.0. The highest BCUT2D eigenvalue weighted by Crippen LogP contribution is 2.36. The maximum atomic E-state index is 9.50. The van der Waals surface area contributed by atoms with E-state index in [1.807, 2.05) is 36.7 Å². The predicted molar refractivity (Wildman–Crippen MR) is 132 cm³/mol. The zero-order chi connectivity index (χ0) is 25.7. The van der Waals surface area contributed by atoms with Gasteiger partial charge in [0.25, 0.3) is 0 Å². The molecule has 0 aliphatic carbocycles. The van der Waals surface area contributed by atoms with E-state index in [9.17, 15) is 5.26 Å². The quantitative estimate of drug-likeness (QED) is 0.396. The lowest BCUT2D eigenvalue weighted by molar-refractivity contribution is -0.00876. The van der Waals surface area contributed by atoms with Crippen molar-refractivity contribution in [3.63, 3.8) is 0 Å². The monoisotopic (exact) mass is 518 g/mol. The van der Waals surface area contributed by atoms with E-state index in [1.54, 1.807) is 23.0 Å². The van der Waals surface area contributed by atoms with Crippen molar-refractivity contribution in [2.75, 3.05) is 25.0 Å². The van der Waals surface area contributed by atoms with Crippen LogP contribution in [0, 0.1) is 11.3 Å². The number of hydrogen-bond acceptors (Lipinski definition) is 7. The zero-order valence-electron chi connectivity index (χ0n) is 21.1. The van der Waals surface area contributed by atoms with Crippen molar-refractivity contribution in [2.45, 2.75) is 25.0 Å². The van der Waals surface area contributed by atoms with Gasteiger partial charge in [0.15, 0.2) is 0 Å². The van der Waals surface area contributed by atoms with Crippen LogP contribution in [0.5, 0.6) is 5.88 Å². The van der Waals surface area contributed by atoms with E-state index < -0.39 is 7.04 Å². The summed E-state index contributed by atoms with van der Waals surface area (Å²) in [6.07, 6.45) is 8.11. The molecule has 4 aromatic rings. The molecular weight excluding hydrogens is 494 g/mol. The predicted octanol–water partition coefficient (Wildman–Crippen LogP) is 3.90. The van der Waals surface area contributed by atoms with Gasteiger partial charge >= 0.3 is 0 Å². The van der Waals surface area contributed by atoms with Crippen molar-refractivity contribution in [3.05, 3.63) is 70.7 Å². The molecule has 3 fully saturated rings. The molecule has 0 radical (unpaired) electrons. The number of piperazine rings is 1. The van der Waals surface area contributed by atoms with Crippen molar-refractivity contribution in [1.29, 1.82) is 5.26 Å². The van der Waals surface area contributed by atoms with E-state index in [0.29, 0.717) is 17.6 Å². The molecule has 0 N–H and O–H groups in total. The Hall–Kier alpha value is -3.48. The Morgan fingerprint density at radius 1 is 1.18 bits per heavy atom. The number of halogens is 1. The number of anilines is 1. The van der Waals surface area contributed by atoms with Gasteiger partial charge in [-0.3, -0.25) is 4.90 Å². The number of nitriles is 1. The topological polar surface area (TPSA) is 82.6 Å². The molecule has 4 aromatic heterocycles. The van der Waals surface area contributed by atoms with Crippen molar-refractivity contribution in [3.8, 4) is 23.1 Å². The molecule has 0 aromatic carbocycles. The molecule has 34 heavy (non-hydrogen) atoms. The van der Waals surface area contributed by atoms with Gasteiger partial charge < -0.3 is 9.64 Å². The van der Waals surface area contributed by atoms with Crippen LogP contribution in [0.15, 0.2) is 59.6 Å². The molecule has 2 bridgehead atoms.